The molecule has 0 radical (unpaired) electrons. The van der Waals surface area contributed by atoms with Crippen LogP contribution >= 0.6 is 11.6 Å². The summed E-state index contributed by atoms with van der Waals surface area (Å²) in [5, 5.41) is 4.47. The molecule has 0 aromatic heterocycles. The van der Waals surface area contributed by atoms with E-state index in [1.165, 1.54) is 28.8 Å². The lowest BCUT2D eigenvalue weighted by atomic mass is 10.1. The van der Waals surface area contributed by atoms with Gasteiger partial charge < -0.3 is 5.32 Å². The van der Waals surface area contributed by atoms with Crippen LogP contribution < -0.4 is 5.32 Å². The molecular formula is C18H20ClN. The van der Waals surface area contributed by atoms with Gasteiger partial charge in [-0.15, -0.1) is 0 Å². The quantitative estimate of drug-likeness (QED) is 0.845. The Balaban J connectivity index is 1.65. The van der Waals surface area contributed by atoms with Gasteiger partial charge in [-0.2, -0.15) is 0 Å². The molecule has 0 aliphatic heterocycles. The molecule has 2 aromatic carbocycles. The van der Waals surface area contributed by atoms with Gasteiger partial charge in [0.25, 0.3) is 0 Å². The molecule has 3 rings (SSSR count). The highest BCUT2D eigenvalue weighted by atomic mass is 35.5. The number of benzene rings is 2. The first-order chi connectivity index (χ1) is 9.74. The van der Waals surface area contributed by atoms with Crippen LogP contribution in [-0.2, 0) is 19.3 Å². The maximum Gasteiger partial charge on any atom is 0.0408 e. The van der Waals surface area contributed by atoms with E-state index in [0.717, 1.165) is 24.3 Å². The molecule has 20 heavy (non-hydrogen) atoms. The Morgan fingerprint density at radius 1 is 1.05 bits per heavy atom. The van der Waals surface area contributed by atoms with E-state index in [-0.39, 0.29) is 0 Å². The van der Waals surface area contributed by atoms with E-state index in [4.69, 9.17) is 11.6 Å². The van der Waals surface area contributed by atoms with Crippen LogP contribution in [0.2, 0.25) is 5.02 Å². The topological polar surface area (TPSA) is 12.0 Å². The van der Waals surface area contributed by atoms with Gasteiger partial charge in [0.15, 0.2) is 0 Å². The van der Waals surface area contributed by atoms with Crippen molar-refractivity contribution in [1.82, 2.24) is 0 Å². The maximum absolute atomic E-state index is 6.06. The predicted octanol–water partition coefficient (Wildman–Crippen LogP) is 4.87. The lowest BCUT2D eigenvalue weighted by molar-refractivity contribution is 0.774. The van der Waals surface area contributed by atoms with Gasteiger partial charge in [-0.1, -0.05) is 43.1 Å². The fraction of sp³-hybridized carbons (Fsp3) is 0.333. The molecule has 0 spiro atoms. The molecular weight excluding hydrogens is 266 g/mol. The van der Waals surface area contributed by atoms with Gasteiger partial charge in [-0.05, 0) is 60.2 Å². The molecule has 1 nitrogen and oxygen atoms in total. The van der Waals surface area contributed by atoms with E-state index in [0.29, 0.717) is 6.04 Å². The van der Waals surface area contributed by atoms with Crippen molar-refractivity contribution in [2.75, 3.05) is 5.32 Å². The molecule has 2 heteroatoms. The molecule has 1 unspecified atom stereocenters. The zero-order valence-corrected chi connectivity index (χ0v) is 12.6. The standard InChI is InChI=1S/C18H20ClN/c1-2-3-13-4-8-17(9-5-13)20-18-11-14-6-7-16(19)10-15(14)12-18/h4-10,18,20H,2-3,11-12H2,1H3. The fourth-order valence-electron chi connectivity index (χ4n) is 2.98. The Labute approximate surface area is 126 Å². The zero-order chi connectivity index (χ0) is 13.9. The molecule has 0 bridgehead atoms. The number of hydrogen-bond acceptors (Lipinski definition) is 1. The Kier molecular flexibility index (Phi) is 3.98. The van der Waals surface area contributed by atoms with Gasteiger partial charge in [0.2, 0.25) is 0 Å². The van der Waals surface area contributed by atoms with Crippen LogP contribution in [0.3, 0.4) is 0 Å². The third-order valence-electron chi connectivity index (χ3n) is 3.96. The average Bonchev–Trinajstić information content (AvgIpc) is 2.82. The Morgan fingerprint density at radius 3 is 2.55 bits per heavy atom. The van der Waals surface area contributed by atoms with Crippen molar-refractivity contribution in [2.45, 2.75) is 38.6 Å². The molecule has 1 aliphatic carbocycles. The Bertz CT molecular complexity index is 589. The highest BCUT2D eigenvalue weighted by Gasteiger charge is 2.21. The molecule has 1 atom stereocenters. The van der Waals surface area contributed by atoms with Crippen LogP contribution in [0.5, 0.6) is 0 Å². The summed E-state index contributed by atoms with van der Waals surface area (Å²) >= 11 is 6.06. The van der Waals surface area contributed by atoms with Crippen LogP contribution in [0.1, 0.15) is 30.0 Å². The second-order valence-electron chi connectivity index (χ2n) is 5.61. The first-order valence-electron chi connectivity index (χ1n) is 7.37. The summed E-state index contributed by atoms with van der Waals surface area (Å²) in [7, 11) is 0. The number of hydrogen-bond donors (Lipinski definition) is 1. The molecule has 2 aromatic rings. The van der Waals surface area contributed by atoms with Crippen LogP contribution in [0.4, 0.5) is 5.69 Å². The third-order valence-corrected chi connectivity index (χ3v) is 4.20. The van der Waals surface area contributed by atoms with E-state index < -0.39 is 0 Å². The first kappa shape index (κ1) is 13.5. The van der Waals surface area contributed by atoms with E-state index in [1.807, 2.05) is 6.07 Å². The smallest absolute Gasteiger partial charge is 0.0408 e. The summed E-state index contributed by atoms with van der Waals surface area (Å²) in [6, 6.07) is 15.6. The highest BCUT2D eigenvalue weighted by molar-refractivity contribution is 6.30. The molecule has 0 amide bonds. The second kappa shape index (κ2) is 5.88. The summed E-state index contributed by atoms with van der Waals surface area (Å²) < 4.78 is 0. The van der Waals surface area contributed by atoms with E-state index in [1.54, 1.807) is 0 Å². The largest absolute Gasteiger partial charge is 0.382 e. The lowest BCUT2D eigenvalue weighted by Crippen LogP contribution is -2.19. The van der Waals surface area contributed by atoms with Crippen molar-refractivity contribution in [3.63, 3.8) is 0 Å². The van der Waals surface area contributed by atoms with E-state index in [2.05, 4.69) is 48.6 Å². The predicted molar refractivity (Wildman–Crippen MR) is 86.7 cm³/mol. The van der Waals surface area contributed by atoms with Gasteiger partial charge in [0.05, 0.1) is 0 Å². The lowest BCUT2D eigenvalue weighted by Gasteiger charge is -2.14. The number of fused-ring (bicyclic) bond motifs is 1. The normalized spacial score (nSPS) is 17.0. The summed E-state index contributed by atoms with van der Waals surface area (Å²) in [6.07, 6.45) is 4.51. The Morgan fingerprint density at radius 2 is 1.80 bits per heavy atom. The number of rotatable bonds is 4. The van der Waals surface area contributed by atoms with Crippen molar-refractivity contribution in [3.8, 4) is 0 Å². The van der Waals surface area contributed by atoms with Crippen molar-refractivity contribution in [2.24, 2.45) is 0 Å². The first-order valence-corrected chi connectivity index (χ1v) is 7.75. The van der Waals surface area contributed by atoms with E-state index >= 15 is 0 Å². The summed E-state index contributed by atoms with van der Waals surface area (Å²) in [6.45, 7) is 2.22. The van der Waals surface area contributed by atoms with Gasteiger partial charge in [0.1, 0.15) is 0 Å². The van der Waals surface area contributed by atoms with Gasteiger partial charge in [0, 0.05) is 16.8 Å². The molecule has 1 N–H and O–H groups in total. The number of halogens is 1. The second-order valence-corrected chi connectivity index (χ2v) is 6.05. The zero-order valence-electron chi connectivity index (χ0n) is 11.8. The SMILES string of the molecule is CCCc1ccc(NC2Cc3ccc(Cl)cc3C2)cc1. The minimum atomic E-state index is 0.487. The summed E-state index contributed by atoms with van der Waals surface area (Å²) in [5.41, 5.74) is 5.44. The molecule has 0 heterocycles. The number of aryl methyl sites for hydroxylation is 1. The third kappa shape index (κ3) is 2.99. The van der Waals surface area contributed by atoms with E-state index in [9.17, 15) is 0 Å². The van der Waals surface area contributed by atoms with Gasteiger partial charge >= 0.3 is 0 Å². The number of anilines is 1. The van der Waals surface area contributed by atoms with Crippen LogP contribution in [-0.4, -0.2) is 6.04 Å². The molecule has 104 valence electrons. The Hall–Kier alpha value is -1.47. The van der Waals surface area contributed by atoms with Crippen LogP contribution in [0.25, 0.3) is 0 Å². The van der Waals surface area contributed by atoms with Gasteiger partial charge in [-0.3, -0.25) is 0 Å². The molecule has 1 aliphatic rings. The van der Waals surface area contributed by atoms with Crippen molar-refractivity contribution < 1.29 is 0 Å². The van der Waals surface area contributed by atoms with Crippen LogP contribution in [0, 0.1) is 0 Å². The van der Waals surface area contributed by atoms with Crippen molar-refractivity contribution in [3.05, 3.63) is 64.2 Å². The number of nitrogens with one attached hydrogen (secondary N) is 1. The monoisotopic (exact) mass is 285 g/mol. The average molecular weight is 286 g/mol. The van der Waals surface area contributed by atoms with Crippen molar-refractivity contribution >= 4 is 17.3 Å². The van der Waals surface area contributed by atoms with Crippen LogP contribution in [0.15, 0.2) is 42.5 Å². The van der Waals surface area contributed by atoms with Crippen molar-refractivity contribution in [1.29, 1.82) is 0 Å². The molecule has 0 saturated heterocycles. The highest BCUT2D eigenvalue weighted by Crippen LogP contribution is 2.27. The minimum Gasteiger partial charge on any atom is -0.382 e. The minimum absolute atomic E-state index is 0.487. The van der Waals surface area contributed by atoms with Gasteiger partial charge in [-0.25, -0.2) is 0 Å². The summed E-state index contributed by atoms with van der Waals surface area (Å²) in [5.74, 6) is 0. The maximum atomic E-state index is 6.06. The fourth-order valence-corrected chi connectivity index (χ4v) is 3.18. The molecule has 0 fully saturated rings. The molecule has 0 saturated carbocycles. The summed E-state index contributed by atoms with van der Waals surface area (Å²) in [4.78, 5) is 0.